The standard InChI is InChI=1S/C14H15ClOS/c1-10-2-4-11(5-3-10)6-7-12(16)13-8-9-14(15)17-13/h2-5,8-9,12,16H,6-7H2,1H3. The minimum absolute atomic E-state index is 0.409. The molecule has 0 radical (unpaired) electrons. The molecule has 0 aliphatic rings. The third kappa shape index (κ3) is 3.56. The van der Waals surface area contributed by atoms with Crippen LogP contribution in [0.15, 0.2) is 36.4 Å². The molecule has 0 saturated heterocycles. The van der Waals surface area contributed by atoms with Gasteiger partial charge in [0.15, 0.2) is 0 Å². The first-order valence-electron chi connectivity index (χ1n) is 5.64. The van der Waals surface area contributed by atoms with Crippen LogP contribution in [0.2, 0.25) is 4.34 Å². The summed E-state index contributed by atoms with van der Waals surface area (Å²) in [6.45, 7) is 2.08. The Morgan fingerprint density at radius 2 is 1.88 bits per heavy atom. The zero-order chi connectivity index (χ0) is 12.3. The zero-order valence-corrected chi connectivity index (χ0v) is 11.3. The summed E-state index contributed by atoms with van der Waals surface area (Å²) < 4.78 is 0.731. The number of aliphatic hydroxyl groups is 1. The highest BCUT2D eigenvalue weighted by molar-refractivity contribution is 7.16. The third-order valence-electron chi connectivity index (χ3n) is 2.75. The molecule has 0 spiro atoms. The maximum atomic E-state index is 10.0. The van der Waals surface area contributed by atoms with E-state index in [4.69, 9.17) is 11.6 Å². The summed E-state index contributed by atoms with van der Waals surface area (Å²) in [6.07, 6.45) is 1.21. The Morgan fingerprint density at radius 1 is 1.18 bits per heavy atom. The minimum atomic E-state index is -0.409. The van der Waals surface area contributed by atoms with Crippen molar-refractivity contribution in [3.63, 3.8) is 0 Å². The molecule has 1 aromatic carbocycles. The average molecular weight is 267 g/mol. The van der Waals surface area contributed by atoms with Crippen LogP contribution in [0.4, 0.5) is 0 Å². The maximum Gasteiger partial charge on any atom is 0.0932 e. The van der Waals surface area contributed by atoms with Gasteiger partial charge in [-0.1, -0.05) is 41.4 Å². The first-order chi connectivity index (χ1) is 8.15. The fourth-order valence-corrected chi connectivity index (χ4v) is 2.79. The SMILES string of the molecule is Cc1ccc(CCC(O)c2ccc(Cl)s2)cc1. The number of aliphatic hydroxyl groups excluding tert-OH is 1. The number of thiophene rings is 1. The summed E-state index contributed by atoms with van der Waals surface area (Å²) in [6, 6.07) is 12.2. The molecule has 1 heterocycles. The van der Waals surface area contributed by atoms with Gasteiger partial charge in [0.05, 0.1) is 10.4 Å². The Morgan fingerprint density at radius 3 is 2.47 bits per heavy atom. The second-order valence-electron chi connectivity index (χ2n) is 4.18. The average Bonchev–Trinajstić information content (AvgIpc) is 2.75. The van der Waals surface area contributed by atoms with Crippen LogP contribution in [0, 0.1) is 6.92 Å². The monoisotopic (exact) mass is 266 g/mol. The van der Waals surface area contributed by atoms with Crippen molar-refractivity contribution < 1.29 is 5.11 Å². The van der Waals surface area contributed by atoms with Crippen LogP contribution in [0.25, 0.3) is 0 Å². The van der Waals surface area contributed by atoms with Crippen LogP contribution in [0.3, 0.4) is 0 Å². The molecule has 17 heavy (non-hydrogen) atoms. The molecule has 90 valence electrons. The quantitative estimate of drug-likeness (QED) is 0.871. The van der Waals surface area contributed by atoms with E-state index >= 15 is 0 Å². The highest BCUT2D eigenvalue weighted by Crippen LogP contribution is 2.29. The van der Waals surface area contributed by atoms with Crippen LogP contribution in [-0.4, -0.2) is 5.11 Å². The van der Waals surface area contributed by atoms with Gasteiger partial charge in [-0.15, -0.1) is 11.3 Å². The van der Waals surface area contributed by atoms with Gasteiger partial charge in [0.2, 0.25) is 0 Å². The molecule has 1 aromatic heterocycles. The summed E-state index contributed by atoms with van der Waals surface area (Å²) in [5, 5.41) is 10.0. The molecule has 0 saturated carbocycles. The first-order valence-corrected chi connectivity index (χ1v) is 6.83. The predicted octanol–water partition coefficient (Wildman–Crippen LogP) is 4.38. The van der Waals surface area contributed by atoms with Crippen LogP contribution >= 0.6 is 22.9 Å². The fourth-order valence-electron chi connectivity index (χ4n) is 1.71. The van der Waals surface area contributed by atoms with Gasteiger partial charge in [0.25, 0.3) is 0 Å². The third-order valence-corrected chi connectivity index (χ3v) is 4.08. The molecule has 2 aromatic rings. The normalized spacial score (nSPS) is 12.6. The van der Waals surface area contributed by atoms with Gasteiger partial charge in [0, 0.05) is 4.88 Å². The van der Waals surface area contributed by atoms with Gasteiger partial charge < -0.3 is 5.11 Å². The first kappa shape index (κ1) is 12.6. The molecule has 1 N–H and O–H groups in total. The summed E-state index contributed by atoms with van der Waals surface area (Å²) in [7, 11) is 0. The van der Waals surface area contributed by atoms with Crippen molar-refractivity contribution in [3.05, 3.63) is 56.7 Å². The lowest BCUT2D eigenvalue weighted by atomic mass is 10.0. The predicted molar refractivity (Wildman–Crippen MR) is 73.8 cm³/mol. The molecule has 0 bridgehead atoms. The number of halogens is 1. The summed E-state index contributed by atoms with van der Waals surface area (Å²) >= 11 is 7.30. The smallest absolute Gasteiger partial charge is 0.0932 e. The van der Waals surface area contributed by atoms with E-state index in [1.54, 1.807) is 0 Å². The number of rotatable bonds is 4. The van der Waals surface area contributed by atoms with Crippen molar-refractivity contribution in [3.8, 4) is 0 Å². The van der Waals surface area contributed by atoms with E-state index in [0.717, 1.165) is 22.1 Å². The van der Waals surface area contributed by atoms with Gasteiger partial charge in [-0.2, -0.15) is 0 Å². The number of benzene rings is 1. The van der Waals surface area contributed by atoms with Crippen molar-refractivity contribution in [2.45, 2.75) is 25.9 Å². The Hall–Kier alpha value is -0.830. The second kappa shape index (κ2) is 5.67. The molecule has 2 rings (SSSR count). The van der Waals surface area contributed by atoms with E-state index in [1.807, 2.05) is 12.1 Å². The Bertz CT molecular complexity index is 475. The van der Waals surface area contributed by atoms with Crippen molar-refractivity contribution in [2.75, 3.05) is 0 Å². The zero-order valence-electron chi connectivity index (χ0n) is 9.69. The molecule has 0 fully saturated rings. The lowest BCUT2D eigenvalue weighted by Gasteiger charge is -2.08. The van der Waals surface area contributed by atoms with E-state index in [1.165, 1.54) is 22.5 Å². The molecule has 1 atom stereocenters. The molecule has 0 aliphatic carbocycles. The summed E-state index contributed by atoms with van der Waals surface area (Å²) in [5.41, 5.74) is 2.52. The van der Waals surface area contributed by atoms with E-state index in [9.17, 15) is 5.11 Å². The van der Waals surface area contributed by atoms with Gasteiger partial charge >= 0.3 is 0 Å². The highest BCUT2D eigenvalue weighted by atomic mass is 35.5. The molecule has 3 heteroatoms. The van der Waals surface area contributed by atoms with Crippen molar-refractivity contribution in [2.24, 2.45) is 0 Å². The Labute approximate surface area is 111 Å². The van der Waals surface area contributed by atoms with Crippen LogP contribution in [0.1, 0.15) is 28.5 Å². The maximum absolute atomic E-state index is 10.0. The van der Waals surface area contributed by atoms with Crippen molar-refractivity contribution in [1.29, 1.82) is 0 Å². The van der Waals surface area contributed by atoms with E-state index < -0.39 is 6.10 Å². The van der Waals surface area contributed by atoms with E-state index in [2.05, 4.69) is 31.2 Å². The highest BCUT2D eigenvalue weighted by Gasteiger charge is 2.10. The lowest BCUT2D eigenvalue weighted by molar-refractivity contribution is 0.171. The largest absolute Gasteiger partial charge is 0.388 e. The Balaban J connectivity index is 1.92. The van der Waals surface area contributed by atoms with Crippen LogP contribution in [-0.2, 0) is 6.42 Å². The fraction of sp³-hybridized carbons (Fsp3) is 0.286. The molecule has 0 aliphatic heterocycles. The summed E-state index contributed by atoms with van der Waals surface area (Å²) in [5.74, 6) is 0. The van der Waals surface area contributed by atoms with Gasteiger partial charge in [0.1, 0.15) is 0 Å². The number of hydrogen-bond donors (Lipinski definition) is 1. The molecule has 1 nitrogen and oxygen atoms in total. The van der Waals surface area contributed by atoms with Crippen molar-refractivity contribution >= 4 is 22.9 Å². The van der Waals surface area contributed by atoms with Crippen molar-refractivity contribution in [1.82, 2.24) is 0 Å². The van der Waals surface area contributed by atoms with Gasteiger partial charge in [-0.05, 0) is 37.5 Å². The molecule has 0 amide bonds. The lowest BCUT2D eigenvalue weighted by Crippen LogP contribution is -1.97. The number of hydrogen-bond acceptors (Lipinski definition) is 2. The number of aryl methyl sites for hydroxylation is 2. The molecular weight excluding hydrogens is 252 g/mol. The second-order valence-corrected chi connectivity index (χ2v) is 5.93. The van der Waals surface area contributed by atoms with Crippen LogP contribution in [0.5, 0.6) is 0 Å². The minimum Gasteiger partial charge on any atom is -0.388 e. The molecular formula is C14H15ClOS. The van der Waals surface area contributed by atoms with E-state index in [0.29, 0.717) is 0 Å². The molecule has 1 unspecified atom stereocenters. The summed E-state index contributed by atoms with van der Waals surface area (Å²) in [4.78, 5) is 0.946. The Kier molecular flexibility index (Phi) is 4.21. The topological polar surface area (TPSA) is 20.2 Å². The van der Waals surface area contributed by atoms with Gasteiger partial charge in [-0.3, -0.25) is 0 Å². The van der Waals surface area contributed by atoms with Gasteiger partial charge in [-0.25, -0.2) is 0 Å². The van der Waals surface area contributed by atoms with Crippen LogP contribution < -0.4 is 0 Å². The van der Waals surface area contributed by atoms with E-state index in [-0.39, 0.29) is 0 Å².